The number of halogens is 1. The summed E-state index contributed by atoms with van der Waals surface area (Å²) in [5, 5.41) is 4.44. The molecule has 0 saturated carbocycles. The lowest BCUT2D eigenvalue weighted by Gasteiger charge is -1.96. The number of benzene rings is 1. The van der Waals surface area contributed by atoms with Crippen LogP contribution in [-0.4, -0.2) is 12.1 Å². The van der Waals surface area contributed by atoms with E-state index in [0.717, 1.165) is 5.56 Å². The number of aryl methyl sites for hydroxylation is 1. The average Bonchev–Trinajstić information content (AvgIpc) is 2.76. The van der Waals surface area contributed by atoms with Crippen LogP contribution in [0.2, 0.25) is 5.02 Å². The maximum Gasteiger partial charge on any atom is 0.307 e. The van der Waals surface area contributed by atoms with Gasteiger partial charge in [0.25, 0.3) is 0 Å². The summed E-state index contributed by atoms with van der Waals surface area (Å²) in [5.41, 5.74) is 3.18. The fourth-order valence-corrected chi connectivity index (χ4v) is 1.56. The number of rotatable bonds is 3. The number of hydrazone groups is 1. The Labute approximate surface area is 109 Å². The molecule has 0 atom stereocenters. The molecule has 0 aliphatic carbocycles. The minimum Gasteiger partial charge on any atom is -0.456 e. The number of nitrogens with zero attached hydrogens (tertiary/aromatic N) is 1. The van der Waals surface area contributed by atoms with Gasteiger partial charge in [-0.2, -0.15) is 5.10 Å². The van der Waals surface area contributed by atoms with Gasteiger partial charge in [0.05, 0.1) is 6.21 Å². The maximum absolute atomic E-state index is 11.6. The zero-order valence-corrected chi connectivity index (χ0v) is 10.4. The molecule has 0 fully saturated rings. The molecular weight excluding hydrogens is 252 g/mol. The number of carbonyl (C=O) groups excluding carboxylic acids is 1. The third kappa shape index (κ3) is 3.21. The molecule has 1 amide bonds. The van der Waals surface area contributed by atoms with Crippen molar-refractivity contribution in [3.8, 4) is 0 Å². The molecule has 0 aliphatic heterocycles. The Bertz CT molecular complexity index is 590. The molecule has 0 aliphatic rings. The molecule has 0 radical (unpaired) electrons. The summed E-state index contributed by atoms with van der Waals surface area (Å²) in [5.74, 6) is 0.524. The quantitative estimate of drug-likeness (QED) is 0.683. The monoisotopic (exact) mass is 262 g/mol. The molecule has 1 heterocycles. The minimum absolute atomic E-state index is 0.232. The number of nitrogens with one attached hydrogen (secondary N) is 1. The van der Waals surface area contributed by atoms with Crippen molar-refractivity contribution in [1.29, 1.82) is 0 Å². The molecule has 5 heteroatoms. The van der Waals surface area contributed by atoms with Crippen molar-refractivity contribution in [2.75, 3.05) is 0 Å². The zero-order chi connectivity index (χ0) is 13.0. The second-order valence-corrected chi connectivity index (χ2v) is 4.10. The Morgan fingerprint density at radius 2 is 2.22 bits per heavy atom. The van der Waals surface area contributed by atoms with Crippen molar-refractivity contribution in [2.24, 2.45) is 5.10 Å². The van der Waals surface area contributed by atoms with Gasteiger partial charge >= 0.3 is 5.91 Å². The van der Waals surface area contributed by atoms with Crippen molar-refractivity contribution >= 4 is 23.7 Å². The van der Waals surface area contributed by atoms with Crippen LogP contribution in [-0.2, 0) is 0 Å². The summed E-state index contributed by atoms with van der Waals surface area (Å²) < 4.78 is 5.16. The molecule has 92 valence electrons. The second kappa shape index (κ2) is 5.51. The third-order valence-corrected chi connectivity index (χ3v) is 2.43. The van der Waals surface area contributed by atoms with E-state index in [1.54, 1.807) is 37.3 Å². The van der Waals surface area contributed by atoms with E-state index in [0.29, 0.717) is 10.8 Å². The predicted molar refractivity (Wildman–Crippen MR) is 70.0 cm³/mol. The summed E-state index contributed by atoms with van der Waals surface area (Å²) in [6.45, 7) is 1.77. The van der Waals surface area contributed by atoms with Crippen LogP contribution in [0.4, 0.5) is 0 Å². The Morgan fingerprint density at radius 3 is 2.89 bits per heavy atom. The van der Waals surface area contributed by atoms with Crippen molar-refractivity contribution < 1.29 is 9.21 Å². The van der Waals surface area contributed by atoms with Gasteiger partial charge in [-0.05, 0) is 36.8 Å². The maximum atomic E-state index is 11.6. The van der Waals surface area contributed by atoms with E-state index in [1.807, 2.05) is 6.07 Å². The first-order valence-electron chi connectivity index (χ1n) is 5.30. The number of carbonyl (C=O) groups is 1. The molecule has 2 rings (SSSR count). The van der Waals surface area contributed by atoms with E-state index in [9.17, 15) is 4.79 Å². The van der Waals surface area contributed by atoms with Crippen molar-refractivity contribution in [3.63, 3.8) is 0 Å². The number of furan rings is 1. The molecule has 0 unspecified atom stereocenters. The SMILES string of the molecule is Cc1ccc(C(=O)N/N=C\c2cccc(Cl)c2)o1. The number of hydrogen-bond donors (Lipinski definition) is 1. The van der Waals surface area contributed by atoms with E-state index in [-0.39, 0.29) is 11.7 Å². The Hall–Kier alpha value is -2.07. The van der Waals surface area contributed by atoms with Gasteiger partial charge in [0.15, 0.2) is 5.76 Å². The summed E-state index contributed by atoms with van der Waals surface area (Å²) in [6.07, 6.45) is 1.51. The van der Waals surface area contributed by atoms with Gasteiger partial charge in [-0.3, -0.25) is 4.79 Å². The molecule has 1 aromatic carbocycles. The molecule has 0 spiro atoms. The van der Waals surface area contributed by atoms with E-state index in [2.05, 4.69) is 10.5 Å². The molecular formula is C13H11ClN2O2. The first kappa shape index (κ1) is 12.4. The number of hydrogen-bond acceptors (Lipinski definition) is 3. The minimum atomic E-state index is -0.388. The standard InChI is InChI=1S/C13H11ClN2O2/c1-9-5-6-12(18-9)13(17)16-15-8-10-3-2-4-11(14)7-10/h2-8H,1H3,(H,16,17)/b15-8-. The van der Waals surface area contributed by atoms with Crippen molar-refractivity contribution in [3.05, 3.63) is 58.5 Å². The topological polar surface area (TPSA) is 54.6 Å². The lowest BCUT2D eigenvalue weighted by Crippen LogP contribution is -2.16. The Kier molecular flexibility index (Phi) is 3.79. The molecule has 4 nitrogen and oxygen atoms in total. The first-order valence-corrected chi connectivity index (χ1v) is 5.68. The fourth-order valence-electron chi connectivity index (χ4n) is 1.36. The van der Waals surface area contributed by atoms with Gasteiger partial charge in [-0.25, -0.2) is 5.43 Å². The second-order valence-electron chi connectivity index (χ2n) is 3.66. The largest absolute Gasteiger partial charge is 0.456 e. The summed E-state index contributed by atoms with van der Waals surface area (Å²) in [4.78, 5) is 11.6. The molecule has 2 aromatic rings. The first-order chi connectivity index (χ1) is 8.65. The van der Waals surface area contributed by atoms with Gasteiger partial charge in [0.2, 0.25) is 0 Å². The summed E-state index contributed by atoms with van der Waals surface area (Å²) in [6, 6.07) is 10.5. The molecule has 0 bridgehead atoms. The van der Waals surface area contributed by atoms with Crippen LogP contribution in [0, 0.1) is 6.92 Å². The van der Waals surface area contributed by atoms with Gasteiger partial charge in [0, 0.05) is 5.02 Å². The van der Waals surface area contributed by atoms with E-state index >= 15 is 0 Å². The van der Waals surface area contributed by atoms with Crippen LogP contribution in [0.15, 0.2) is 45.9 Å². The number of amides is 1. The fraction of sp³-hybridized carbons (Fsp3) is 0.0769. The summed E-state index contributed by atoms with van der Waals surface area (Å²) in [7, 11) is 0. The Balaban J connectivity index is 1.97. The predicted octanol–water partition coefficient (Wildman–Crippen LogP) is 3.01. The van der Waals surface area contributed by atoms with Crippen molar-refractivity contribution in [1.82, 2.24) is 5.43 Å². The highest BCUT2D eigenvalue weighted by atomic mass is 35.5. The van der Waals surface area contributed by atoms with Crippen LogP contribution >= 0.6 is 11.6 Å². The van der Waals surface area contributed by atoms with E-state index in [4.69, 9.17) is 16.0 Å². The van der Waals surface area contributed by atoms with Gasteiger partial charge in [-0.1, -0.05) is 23.7 Å². The molecule has 18 heavy (non-hydrogen) atoms. The van der Waals surface area contributed by atoms with Crippen LogP contribution in [0.1, 0.15) is 21.9 Å². The van der Waals surface area contributed by atoms with Gasteiger partial charge in [-0.15, -0.1) is 0 Å². The third-order valence-electron chi connectivity index (χ3n) is 2.19. The van der Waals surface area contributed by atoms with Crippen LogP contribution < -0.4 is 5.43 Å². The van der Waals surface area contributed by atoms with Gasteiger partial charge < -0.3 is 4.42 Å². The van der Waals surface area contributed by atoms with E-state index in [1.165, 1.54) is 6.21 Å². The lowest BCUT2D eigenvalue weighted by molar-refractivity contribution is 0.0926. The molecule has 1 aromatic heterocycles. The highest BCUT2D eigenvalue weighted by Crippen LogP contribution is 2.09. The summed E-state index contributed by atoms with van der Waals surface area (Å²) >= 11 is 5.82. The zero-order valence-electron chi connectivity index (χ0n) is 9.68. The normalized spacial score (nSPS) is 10.8. The molecule has 1 N–H and O–H groups in total. The molecule has 0 saturated heterocycles. The lowest BCUT2D eigenvalue weighted by atomic mass is 10.2. The highest BCUT2D eigenvalue weighted by molar-refractivity contribution is 6.30. The highest BCUT2D eigenvalue weighted by Gasteiger charge is 2.07. The van der Waals surface area contributed by atoms with Crippen LogP contribution in [0.3, 0.4) is 0 Å². The Morgan fingerprint density at radius 1 is 1.39 bits per heavy atom. The van der Waals surface area contributed by atoms with Crippen LogP contribution in [0.25, 0.3) is 0 Å². The van der Waals surface area contributed by atoms with Crippen molar-refractivity contribution in [2.45, 2.75) is 6.92 Å². The van der Waals surface area contributed by atoms with E-state index < -0.39 is 0 Å². The average molecular weight is 263 g/mol. The smallest absolute Gasteiger partial charge is 0.307 e. The van der Waals surface area contributed by atoms with Crippen LogP contribution in [0.5, 0.6) is 0 Å². The van der Waals surface area contributed by atoms with Gasteiger partial charge in [0.1, 0.15) is 5.76 Å².